The summed E-state index contributed by atoms with van der Waals surface area (Å²) in [4.78, 5) is 13.6. The van der Waals surface area contributed by atoms with Crippen LogP contribution in [0, 0.1) is 10.1 Å². The van der Waals surface area contributed by atoms with E-state index in [1.165, 1.54) is 6.20 Å². The first-order valence-corrected chi connectivity index (χ1v) is 5.06. The summed E-state index contributed by atoms with van der Waals surface area (Å²) in [5.74, 6) is 0. The molecule has 0 unspecified atom stereocenters. The number of pyridine rings is 1. The van der Waals surface area contributed by atoms with Gasteiger partial charge >= 0.3 is 4.61 Å². The van der Waals surface area contributed by atoms with Crippen molar-refractivity contribution < 1.29 is 4.92 Å². The summed E-state index contributed by atoms with van der Waals surface area (Å²) in [6.07, 6.45) is 1.78. The first kappa shape index (κ1) is 11.9. The Morgan fingerprint density at radius 1 is 1.67 bits per heavy atom. The zero-order valence-electron chi connectivity index (χ0n) is 7.48. The number of rotatable bonds is 3. The van der Waals surface area contributed by atoms with Crippen molar-refractivity contribution in [3.8, 4) is 0 Å². The molecule has 0 aliphatic heterocycles. The normalized spacial score (nSPS) is 12.1. The van der Waals surface area contributed by atoms with Crippen LogP contribution in [0.3, 0.4) is 0 Å². The summed E-state index contributed by atoms with van der Waals surface area (Å²) >= 11 is 8.38. The molecule has 15 heavy (non-hydrogen) atoms. The van der Waals surface area contributed by atoms with Gasteiger partial charge in [0.25, 0.3) is 0 Å². The maximum Gasteiger partial charge on any atom is 0.329 e. The molecule has 80 valence electrons. The van der Waals surface area contributed by atoms with Crippen LogP contribution in [0.15, 0.2) is 28.6 Å². The first-order chi connectivity index (χ1) is 7.00. The van der Waals surface area contributed by atoms with Gasteiger partial charge in [-0.3, -0.25) is 10.1 Å². The van der Waals surface area contributed by atoms with E-state index >= 15 is 0 Å². The lowest BCUT2D eigenvalue weighted by atomic mass is 10.2. The predicted molar refractivity (Wildman–Crippen MR) is 60.1 cm³/mol. The van der Waals surface area contributed by atoms with Crippen LogP contribution in [0.1, 0.15) is 5.56 Å². The first-order valence-electron chi connectivity index (χ1n) is 3.89. The fourth-order valence-electron chi connectivity index (χ4n) is 0.921. The van der Waals surface area contributed by atoms with Crippen molar-refractivity contribution in [2.45, 2.75) is 6.42 Å². The van der Waals surface area contributed by atoms with Crippen LogP contribution in [0.4, 0.5) is 0 Å². The lowest BCUT2D eigenvalue weighted by Crippen LogP contribution is -2.08. The standard InChI is InChI=1S/C8H7BrClN3O2/c9-8(13(14)15)6(11)3-5-1-2-7(10)12-4-5/h1-2,4H,3,11H2. The molecule has 0 radical (unpaired) electrons. The summed E-state index contributed by atoms with van der Waals surface area (Å²) in [6.45, 7) is 0. The summed E-state index contributed by atoms with van der Waals surface area (Å²) in [5, 5.41) is 10.7. The minimum atomic E-state index is -0.585. The van der Waals surface area contributed by atoms with Crippen molar-refractivity contribution in [2.75, 3.05) is 0 Å². The zero-order valence-corrected chi connectivity index (χ0v) is 9.83. The second-order valence-corrected chi connectivity index (χ2v) is 3.88. The van der Waals surface area contributed by atoms with E-state index in [1.807, 2.05) is 0 Å². The third-order valence-electron chi connectivity index (χ3n) is 1.61. The molecule has 0 amide bonds. The molecule has 2 N–H and O–H groups in total. The van der Waals surface area contributed by atoms with Gasteiger partial charge in [0.05, 0.1) is 10.6 Å². The van der Waals surface area contributed by atoms with Crippen molar-refractivity contribution in [2.24, 2.45) is 5.73 Å². The van der Waals surface area contributed by atoms with Crippen molar-refractivity contribution in [1.29, 1.82) is 0 Å². The molecule has 0 aliphatic rings. The van der Waals surface area contributed by atoms with Gasteiger partial charge in [-0.1, -0.05) is 17.7 Å². The number of allylic oxidation sites excluding steroid dienone is 1. The minimum Gasteiger partial charge on any atom is -0.396 e. The van der Waals surface area contributed by atoms with Crippen LogP contribution in [-0.2, 0) is 6.42 Å². The molecular weight excluding hydrogens is 285 g/mol. The van der Waals surface area contributed by atoms with Crippen LogP contribution < -0.4 is 5.73 Å². The molecule has 0 bridgehead atoms. The van der Waals surface area contributed by atoms with Gasteiger partial charge in [0, 0.05) is 28.5 Å². The number of hydrogen-bond acceptors (Lipinski definition) is 4. The maximum atomic E-state index is 10.4. The van der Waals surface area contributed by atoms with E-state index in [4.69, 9.17) is 17.3 Å². The molecule has 5 nitrogen and oxygen atoms in total. The number of halogens is 2. The Balaban J connectivity index is 2.83. The summed E-state index contributed by atoms with van der Waals surface area (Å²) in [5.41, 5.74) is 6.42. The Morgan fingerprint density at radius 3 is 2.80 bits per heavy atom. The highest BCUT2D eigenvalue weighted by Gasteiger charge is 2.12. The van der Waals surface area contributed by atoms with Gasteiger partial charge in [0.15, 0.2) is 0 Å². The molecule has 1 aromatic rings. The average Bonchev–Trinajstić information content (AvgIpc) is 2.20. The van der Waals surface area contributed by atoms with Gasteiger partial charge in [0.2, 0.25) is 0 Å². The minimum absolute atomic E-state index is 0.143. The maximum absolute atomic E-state index is 10.4. The highest BCUT2D eigenvalue weighted by molar-refractivity contribution is 9.11. The predicted octanol–water partition coefficient (Wildman–Crippen LogP) is 2.08. The second-order valence-electron chi connectivity index (χ2n) is 2.74. The van der Waals surface area contributed by atoms with Crippen LogP contribution in [0.2, 0.25) is 5.15 Å². The van der Waals surface area contributed by atoms with Gasteiger partial charge in [-0.2, -0.15) is 0 Å². The molecule has 7 heteroatoms. The topological polar surface area (TPSA) is 82.0 Å². The van der Waals surface area contributed by atoms with Gasteiger partial charge in [-0.25, -0.2) is 4.98 Å². The van der Waals surface area contributed by atoms with Crippen LogP contribution in [0.25, 0.3) is 0 Å². The molecular formula is C8H7BrClN3O2. The van der Waals surface area contributed by atoms with Crippen molar-refractivity contribution >= 4 is 27.5 Å². The number of nitro groups is 1. The molecule has 0 atom stereocenters. The molecule has 1 aromatic heterocycles. The summed E-state index contributed by atoms with van der Waals surface area (Å²) in [7, 11) is 0. The number of aromatic nitrogens is 1. The van der Waals surface area contributed by atoms with Gasteiger partial charge in [0.1, 0.15) is 5.15 Å². The highest BCUT2D eigenvalue weighted by atomic mass is 79.9. The van der Waals surface area contributed by atoms with E-state index < -0.39 is 4.92 Å². The van der Waals surface area contributed by atoms with E-state index in [0.29, 0.717) is 5.15 Å². The Labute approximate surface area is 99.2 Å². The van der Waals surface area contributed by atoms with Gasteiger partial charge in [-0.15, -0.1) is 0 Å². The van der Waals surface area contributed by atoms with E-state index in [-0.39, 0.29) is 16.7 Å². The largest absolute Gasteiger partial charge is 0.396 e. The monoisotopic (exact) mass is 291 g/mol. The quantitative estimate of drug-likeness (QED) is 0.400. The third kappa shape index (κ3) is 3.49. The fourth-order valence-corrected chi connectivity index (χ4v) is 1.17. The van der Waals surface area contributed by atoms with Gasteiger partial charge in [-0.05, 0) is 11.6 Å². The van der Waals surface area contributed by atoms with Crippen molar-refractivity contribution in [1.82, 2.24) is 4.98 Å². The lowest BCUT2D eigenvalue weighted by molar-refractivity contribution is -0.410. The van der Waals surface area contributed by atoms with Gasteiger partial charge < -0.3 is 5.73 Å². The zero-order chi connectivity index (χ0) is 11.4. The Bertz CT molecular complexity index is 405. The van der Waals surface area contributed by atoms with Crippen molar-refractivity contribution in [3.63, 3.8) is 0 Å². The third-order valence-corrected chi connectivity index (χ3v) is 2.63. The smallest absolute Gasteiger partial charge is 0.329 e. The molecule has 1 heterocycles. The summed E-state index contributed by atoms with van der Waals surface area (Å²) in [6, 6.07) is 3.31. The molecule has 0 spiro atoms. The second kappa shape index (κ2) is 5.09. The highest BCUT2D eigenvalue weighted by Crippen LogP contribution is 2.14. The SMILES string of the molecule is NC(Cc1ccc(Cl)nc1)=C(Br)[N+](=O)[O-]. The van der Waals surface area contributed by atoms with Crippen molar-refractivity contribution in [3.05, 3.63) is 49.5 Å². The molecule has 0 aromatic carbocycles. The van der Waals surface area contributed by atoms with E-state index in [1.54, 1.807) is 12.1 Å². The molecule has 0 fully saturated rings. The Kier molecular flexibility index (Phi) is 4.05. The average molecular weight is 293 g/mol. The lowest BCUT2D eigenvalue weighted by Gasteiger charge is -2.00. The Hall–Kier alpha value is -1.14. The number of nitrogens with zero attached hydrogens (tertiary/aromatic N) is 2. The molecule has 1 rings (SSSR count). The number of nitrogens with two attached hydrogens (primary N) is 1. The van der Waals surface area contributed by atoms with Crippen LogP contribution in [-0.4, -0.2) is 9.91 Å². The fraction of sp³-hybridized carbons (Fsp3) is 0.125. The molecule has 0 saturated carbocycles. The number of hydrogen-bond donors (Lipinski definition) is 1. The molecule has 0 aliphatic carbocycles. The Morgan fingerprint density at radius 2 is 2.33 bits per heavy atom. The molecule has 0 saturated heterocycles. The van der Waals surface area contributed by atoms with E-state index in [0.717, 1.165) is 5.56 Å². The van der Waals surface area contributed by atoms with E-state index in [2.05, 4.69) is 20.9 Å². The van der Waals surface area contributed by atoms with E-state index in [9.17, 15) is 10.1 Å². The summed E-state index contributed by atoms with van der Waals surface area (Å²) < 4.78 is -0.225. The van der Waals surface area contributed by atoms with Crippen LogP contribution >= 0.6 is 27.5 Å². The van der Waals surface area contributed by atoms with Crippen LogP contribution in [0.5, 0.6) is 0 Å².